The van der Waals surface area contributed by atoms with Crippen molar-refractivity contribution in [2.24, 2.45) is 0 Å². The highest BCUT2D eigenvalue weighted by Crippen LogP contribution is 2.25. The minimum absolute atomic E-state index is 0.106. The van der Waals surface area contributed by atoms with E-state index in [1.54, 1.807) is 18.2 Å². The molecule has 0 spiro atoms. The quantitative estimate of drug-likeness (QED) is 0.0421. The Hall–Kier alpha value is -6.33. The van der Waals surface area contributed by atoms with Crippen LogP contribution in [0.5, 0.6) is 0 Å². The molecule has 408 valence electrons. The molecule has 0 atom stereocenters. The fraction of sp³-hybridized carbons (Fsp3) is 0.490. The van der Waals surface area contributed by atoms with Crippen LogP contribution in [-0.4, -0.2) is 155 Å². The maximum Gasteiger partial charge on any atom is 0.272 e. The van der Waals surface area contributed by atoms with Crippen LogP contribution in [0, 0.1) is 59.1 Å². The highest BCUT2D eigenvalue weighted by Gasteiger charge is 2.20. The largest absolute Gasteiger partial charge is 0.399 e. The molecule has 18 nitrogen and oxygen atoms in total. The second kappa shape index (κ2) is 37.4. The molecule has 74 heavy (non-hydrogen) atoms. The number of piperidine rings is 1. The summed E-state index contributed by atoms with van der Waals surface area (Å²) in [6.45, 7) is 14.3. The lowest BCUT2D eigenvalue weighted by atomic mass is 10.2. The van der Waals surface area contributed by atoms with Crippen molar-refractivity contribution in [2.45, 2.75) is 26.2 Å². The van der Waals surface area contributed by atoms with E-state index in [0.717, 1.165) is 89.0 Å². The Labute approximate surface area is 436 Å². The first-order valence-electron chi connectivity index (χ1n) is 23.9. The molecular formula is C49H67BrF6N12O6. The number of alkyl halides is 4. The summed E-state index contributed by atoms with van der Waals surface area (Å²) in [5.74, 6) is -2.83. The molecule has 0 saturated carbocycles. The van der Waals surface area contributed by atoms with Gasteiger partial charge in [-0.3, -0.25) is 44.5 Å². The Bertz CT molecular complexity index is 2240. The lowest BCUT2D eigenvalue weighted by Gasteiger charge is -2.35. The molecule has 25 heteroatoms. The summed E-state index contributed by atoms with van der Waals surface area (Å²) >= 11 is 2.87. The third-order valence-electron chi connectivity index (χ3n) is 11.2. The summed E-state index contributed by atoms with van der Waals surface area (Å²) in [6.07, 6.45) is 4.22. The number of nitrogen functional groups attached to an aromatic ring is 1. The van der Waals surface area contributed by atoms with Gasteiger partial charge in [-0.15, -0.1) is 0 Å². The summed E-state index contributed by atoms with van der Waals surface area (Å²) < 4.78 is 73.1. The van der Waals surface area contributed by atoms with E-state index >= 15 is 0 Å². The number of nitrogens with zero attached hydrogens (tertiary/aromatic N) is 9. The van der Waals surface area contributed by atoms with E-state index in [9.17, 15) is 56.7 Å². The molecule has 4 aromatic carbocycles. The van der Waals surface area contributed by atoms with Gasteiger partial charge in [0.2, 0.25) is 0 Å². The molecule has 8 rings (SSSR count). The van der Waals surface area contributed by atoms with Crippen LogP contribution in [0.25, 0.3) is 0 Å². The zero-order chi connectivity index (χ0) is 54.7. The zero-order valence-electron chi connectivity index (χ0n) is 41.5. The normalized spacial score (nSPS) is 15.3. The van der Waals surface area contributed by atoms with Crippen molar-refractivity contribution < 1.29 is 41.1 Å². The summed E-state index contributed by atoms with van der Waals surface area (Å²) in [7, 11) is 0. The maximum atomic E-state index is 13.6. The first-order valence-corrected chi connectivity index (χ1v) is 25.0. The van der Waals surface area contributed by atoms with E-state index in [-0.39, 0.29) is 31.4 Å². The van der Waals surface area contributed by atoms with Crippen LogP contribution in [0.4, 0.5) is 66.2 Å². The summed E-state index contributed by atoms with van der Waals surface area (Å²) in [5, 5.41) is 45.2. The molecule has 4 N–H and O–H groups in total. The van der Waals surface area contributed by atoms with Crippen LogP contribution >= 0.6 is 15.9 Å². The van der Waals surface area contributed by atoms with Gasteiger partial charge >= 0.3 is 0 Å². The van der Waals surface area contributed by atoms with E-state index in [0.29, 0.717) is 49.3 Å². The number of benzene rings is 4. The second-order valence-corrected chi connectivity index (χ2v) is 17.1. The number of rotatable bonds is 11. The average Bonchev–Trinajstić information content (AvgIpc) is 3.42. The number of nitriles is 1. The fourth-order valence-corrected chi connectivity index (χ4v) is 7.34. The third-order valence-corrected chi connectivity index (χ3v) is 11.5. The van der Waals surface area contributed by atoms with E-state index in [2.05, 4.69) is 46.2 Å². The number of anilines is 4. The number of nitro groups is 3. The van der Waals surface area contributed by atoms with Crippen molar-refractivity contribution in [3.63, 3.8) is 0 Å². The smallest absolute Gasteiger partial charge is 0.272 e. The van der Waals surface area contributed by atoms with Gasteiger partial charge in [0.15, 0.2) is 17.5 Å². The topological polar surface area (TPSA) is 219 Å². The highest BCUT2D eigenvalue weighted by molar-refractivity contribution is 9.09. The number of nitrogens with two attached hydrogens (primary N) is 1. The number of nitro benzene ring substituents is 3. The van der Waals surface area contributed by atoms with Crippen LogP contribution in [0.1, 0.15) is 26.2 Å². The summed E-state index contributed by atoms with van der Waals surface area (Å²) in [5.41, 5.74) is 8.51. The number of nitrogens with one attached hydrogen (secondary N) is 2. The molecule has 0 radical (unpaired) electrons. The van der Waals surface area contributed by atoms with Crippen molar-refractivity contribution in [3.05, 3.63) is 133 Å². The van der Waals surface area contributed by atoms with Crippen molar-refractivity contribution in [1.82, 2.24) is 20.4 Å². The molecule has 0 aliphatic carbocycles. The number of halogens is 7. The lowest BCUT2D eigenvalue weighted by Crippen LogP contribution is -2.47. The third kappa shape index (κ3) is 25.1. The molecular weight excluding hydrogens is 1050 g/mol. The summed E-state index contributed by atoms with van der Waals surface area (Å²) in [4.78, 5) is 39.8. The molecule has 4 aliphatic rings. The van der Waals surface area contributed by atoms with Crippen LogP contribution in [0.2, 0.25) is 0 Å². The van der Waals surface area contributed by atoms with Crippen LogP contribution in [-0.2, 0) is 0 Å². The van der Waals surface area contributed by atoms with E-state index in [4.69, 9.17) is 11.0 Å². The van der Waals surface area contributed by atoms with Crippen LogP contribution in [0.3, 0.4) is 0 Å². The monoisotopic (exact) mass is 1110 g/mol. The Morgan fingerprint density at radius 3 is 1.30 bits per heavy atom. The molecule has 0 bridgehead atoms. The van der Waals surface area contributed by atoms with E-state index in [1.807, 2.05) is 29.2 Å². The van der Waals surface area contributed by atoms with Gasteiger partial charge in [-0.25, -0.2) is 22.0 Å². The predicted octanol–water partition coefficient (Wildman–Crippen LogP) is 8.70. The lowest BCUT2D eigenvalue weighted by molar-refractivity contribution is -0.385. The number of hydrogen-bond donors (Lipinski definition) is 3. The molecule has 4 fully saturated rings. The Morgan fingerprint density at radius 1 is 0.554 bits per heavy atom. The minimum Gasteiger partial charge on any atom is -0.399 e. The molecule has 0 amide bonds. The van der Waals surface area contributed by atoms with Crippen molar-refractivity contribution >= 4 is 55.7 Å². The molecule has 0 unspecified atom stereocenters. The van der Waals surface area contributed by atoms with Gasteiger partial charge in [-0.2, -0.15) is 5.26 Å². The van der Waals surface area contributed by atoms with Gasteiger partial charge in [0, 0.05) is 145 Å². The average molecular weight is 1110 g/mol. The first kappa shape index (κ1) is 63.8. The van der Waals surface area contributed by atoms with E-state index < -0.39 is 37.9 Å². The van der Waals surface area contributed by atoms with Gasteiger partial charge in [-0.05, 0) is 74.5 Å². The van der Waals surface area contributed by atoms with Gasteiger partial charge in [0.1, 0.15) is 13.3 Å². The van der Waals surface area contributed by atoms with Crippen molar-refractivity contribution in [3.8, 4) is 6.07 Å². The zero-order valence-corrected chi connectivity index (χ0v) is 43.1. The minimum atomic E-state index is -1.21. The molecule has 4 aromatic rings. The van der Waals surface area contributed by atoms with Gasteiger partial charge in [0.05, 0.1) is 45.3 Å². The standard InChI is InChI=1S/C12H16FN3O2.C12H18FN3.C10H12FN3O2.C6H3F2NO2.C5H11N.C2H4BrF.C2H3N/c13-5-6-14-7-9-15(10-8-14)11-1-3-12(4-2-11)16(17)18;13-5-6-15-7-9-16(10-8-15)12-3-1-11(14)2-4-12;11-9-7-8(14(15)16)1-2-10(9)13-5-3-12-4-6-13;7-5-2-1-4(9(10)11)3-6(5)8;1-2-4-6-5-3-1;3-1-2-4;1-2-3/h1-4H,5-10H2;1-4H,5-10,14H2;1-2,7,12H,3-6H2;1-3H;6H,1-5H2;1-2H2;1H3. The SMILES string of the molecule is C1CCNCC1.CC#N.FCCBr.Nc1ccc(N2CCN(CCF)CC2)cc1.O=[N+]([O-])c1ccc(F)c(F)c1.O=[N+]([O-])c1ccc(N2CCN(CCF)CC2)cc1.O=[N+]([O-])c1ccc(N2CCNCC2)c(F)c1. The van der Waals surface area contributed by atoms with Gasteiger partial charge in [-0.1, -0.05) is 22.4 Å². The number of non-ortho nitro benzene ring substituents is 3. The van der Waals surface area contributed by atoms with Gasteiger partial charge in [0.25, 0.3) is 17.1 Å². The summed E-state index contributed by atoms with van der Waals surface area (Å²) in [6, 6.07) is 22.2. The Balaban J connectivity index is 0.000000315. The molecule has 4 aliphatic heterocycles. The predicted molar refractivity (Wildman–Crippen MR) is 282 cm³/mol. The maximum absolute atomic E-state index is 13.6. The fourth-order valence-electron chi connectivity index (χ4n) is 7.34. The van der Waals surface area contributed by atoms with Crippen molar-refractivity contribution in [2.75, 3.05) is 151 Å². The first-order chi connectivity index (χ1) is 35.6. The second-order valence-electron chi connectivity index (χ2n) is 16.3. The number of piperazine rings is 3. The Morgan fingerprint density at radius 2 is 0.946 bits per heavy atom. The molecule has 4 heterocycles. The highest BCUT2D eigenvalue weighted by atomic mass is 79.9. The van der Waals surface area contributed by atoms with Crippen LogP contribution < -0.4 is 31.1 Å². The van der Waals surface area contributed by atoms with Gasteiger partial charge < -0.3 is 31.1 Å². The van der Waals surface area contributed by atoms with Crippen molar-refractivity contribution in [1.29, 1.82) is 5.26 Å². The van der Waals surface area contributed by atoms with Crippen LogP contribution in [0.15, 0.2) is 84.9 Å². The van der Waals surface area contributed by atoms with E-state index in [1.165, 1.54) is 69.2 Å². The molecule has 0 aromatic heterocycles. The number of hydrogen-bond acceptors (Lipinski definition) is 15. The molecule has 4 saturated heterocycles. The Kier molecular flexibility index (Phi) is 32.2.